The molecule has 0 fully saturated rings. The van der Waals surface area contributed by atoms with E-state index in [9.17, 15) is 0 Å². The molecule has 0 radical (unpaired) electrons. The van der Waals surface area contributed by atoms with E-state index in [4.69, 9.17) is 23.2 Å². The van der Waals surface area contributed by atoms with E-state index in [1.807, 2.05) is 25.2 Å². The van der Waals surface area contributed by atoms with Gasteiger partial charge in [0.05, 0.1) is 10.0 Å². The Morgan fingerprint density at radius 3 is 2.61 bits per heavy atom. The summed E-state index contributed by atoms with van der Waals surface area (Å²) in [7, 11) is 1.96. The quantitative estimate of drug-likeness (QED) is 0.773. The molecule has 0 spiro atoms. The summed E-state index contributed by atoms with van der Waals surface area (Å²) < 4.78 is 1.15. The SMILES string of the molecule is CNC(Cc1ccc(Cl)c(Cl)c1)c1cscc1Br. The summed E-state index contributed by atoms with van der Waals surface area (Å²) in [4.78, 5) is 0. The first kappa shape index (κ1) is 14.4. The Bertz CT molecular complexity index is 542. The van der Waals surface area contributed by atoms with Gasteiger partial charge in [0.2, 0.25) is 0 Å². The lowest BCUT2D eigenvalue weighted by Crippen LogP contribution is -2.18. The van der Waals surface area contributed by atoms with Crippen LogP contribution in [-0.2, 0) is 6.42 Å². The summed E-state index contributed by atoms with van der Waals surface area (Å²) in [6.45, 7) is 0. The average molecular weight is 365 g/mol. The van der Waals surface area contributed by atoms with Crippen molar-refractivity contribution in [2.75, 3.05) is 7.05 Å². The monoisotopic (exact) mass is 363 g/mol. The van der Waals surface area contributed by atoms with Crippen LogP contribution in [0.15, 0.2) is 33.4 Å². The van der Waals surface area contributed by atoms with Crippen molar-refractivity contribution >= 4 is 50.5 Å². The van der Waals surface area contributed by atoms with Gasteiger partial charge in [0.1, 0.15) is 0 Å². The van der Waals surface area contributed by atoms with Crippen LogP contribution in [0.2, 0.25) is 10.0 Å². The Kier molecular flexibility index (Phi) is 5.10. The highest BCUT2D eigenvalue weighted by atomic mass is 79.9. The first-order valence-electron chi connectivity index (χ1n) is 5.44. The van der Waals surface area contributed by atoms with Gasteiger partial charge in [0.15, 0.2) is 0 Å². The lowest BCUT2D eigenvalue weighted by molar-refractivity contribution is 0.592. The summed E-state index contributed by atoms with van der Waals surface area (Å²) in [5, 5.41) is 8.78. The fourth-order valence-electron chi connectivity index (χ4n) is 1.81. The molecule has 0 aliphatic carbocycles. The van der Waals surface area contributed by atoms with Crippen molar-refractivity contribution in [3.05, 3.63) is 54.6 Å². The summed E-state index contributed by atoms with van der Waals surface area (Å²) in [5.41, 5.74) is 2.44. The minimum absolute atomic E-state index is 0.267. The molecule has 0 aliphatic rings. The van der Waals surface area contributed by atoms with Gasteiger partial charge in [-0.3, -0.25) is 0 Å². The maximum atomic E-state index is 6.04. The molecule has 1 aromatic carbocycles. The highest BCUT2D eigenvalue weighted by Gasteiger charge is 2.14. The maximum Gasteiger partial charge on any atom is 0.0595 e. The number of hydrogen-bond acceptors (Lipinski definition) is 2. The van der Waals surface area contributed by atoms with Crippen molar-refractivity contribution in [1.82, 2.24) is 5.32 Å². The second-order valence-electron chi connectivity index (χ2n) is 3.97. The first-order valence-corrected chi connectivity index (χ1v) is 7.93. The van der Waals surface area contributed by atoms with Gasteiger partial charge in [-0.2, -0.15) is 11.3 Å². The Morgan fingerprint density at radius 1 is 1.28 bits per heavy atom. The Labute approximate surface area is 129 Å². The molecule has 1 atom stereocenters. The fraction of sp³-hybridized carbons (Fsp3) is 0.231. The third-order valence-electron chi connectivity index (χ3n) is 2.79. The van der Waals surface area contributed by atoms with Crippen LogP contribution in [0, 0.1) is 0 Å². The van der Waals surface area contributed by atoms with Gasteiger partial charge in [-0.15, -0.1) is 0 Å². The molecule has 2 aromatic rings. The van der Waals surface area contributed by atoms with E-state index in [2.05, 4.69) is 32.0 Å². The van der Waals surface area contributed by atoms with E-state index in [1.54, 1.807) is 11.3 Å². The Balaban J connectivity index is 2.20. The van der Waals surface area contributed by atoms with Crippen molar-refractivity contribution in [2.45, 2.75) is 12.5 Å². The zero-order valence-corrected chi connectivity index (χ0v) is 13.6. The topological polar surface area (TPSA) is 12.0 Å². The van der Waals surface area contributed by atoms with Crippen LogP contribution in [0.5, 0.6) is 0 Å². The van der Waals surface area contributed by atoms with Crippen LogP contribution >= 0.6 is 50.5 Å². The molecule has 0 amide bonds. The van der Waals surface area contributed by atoms with E-state index < -0.39 is 0 Å². The standard InChI is InChI=1S/C13H12BrCl2NS/c1-17-13(9-6-18-7-10(9)14)5-8-2-3-11(15)12(16)4-8/h2-4,6-7,13,17H,5H2,1H3. The zero-order chi connectivity index (χ0) is 13.1. The summed E-state index contributed by atoms with van der Waals surface area (Å²) in [6.07, 6.45) is 0.878. The largest absolute Gasteiger partial charge is 0.313 e. The van der Waals surface area contributed by atoms with Crippen LogP contribution in [0.25, 0.3) is 0 Å². The van der Waals surface area contributed by atoms with Gasteiger partial charge in [-0.25, -0.2) is 0 Å². The summed E-state index contributed by atoms with van der Waals surface area (Å²) >= 11 is 17.2. The highest BCUT2D eigenvalue weighted by molar-refractivity contribution is 9.10. The van der Waals surface area contributed by atoms with Crippen molar-refractivity contribution in [3.63, 3.8) is 0 Å². The Morgan fingerprint density at radius 2 is 2.06 bits per heavy atom. The van der Waals surface area contributed by atoms with Crippen LogP contribution in [0.3, 0.4) is 0 Å². The smallest absolute Gasteiger partial charge is 0.0595 e. The fourth-order valence-corrected chi connectivity index (χ4v) is 3.76. The van der Waals surface area contributed by atoms with Crippen LogP contribution < -0.4 is 5.32 Å². The predicted molar refractivity (Wildman–Crippen MR) is 84.0 cm³/mol. The minimum Gasteiger partial charge on any atom is -0.313 e. The number of thiophene rings is 1. The van der Waals surface area contributed by atoms with Gasteiger partial charge in [0, 0.05) is 15.9 Å². The summed E-state index contributed by atoms with van der Waals surface area (Å²) in [5.74, 6) is 0. The van der Waals surface area contributed by atoms with Gasteiger partial charge in [0.25, 0.3) is 0 Å². The number of rotatable bonds is 4. The lowest BCUT2D eigenvalue weighted by Gasteiger charge is -2.16. The van der Waals surface area contributed by atoms with Gasteiger partial charge < -0.3 is 5.32 Å². The summed E-state index contributed by atoms with van der Waals surface area (Å²) in [6, 6.07) is 6.05. The molecule has 5 heteroatoms. The number of hydrogen-bond donors (Lipinski definition) is 1. The van der Waals surface area contributed by atoms with Crippen LogP contribution in [0.4, 0.5) is 0 Å². The first-order chi connectivity index (χ1) is 8.61. The molecule has 0 saturated carbocycles. The van der Waals surface area contributed by atoms with E-state index in [-0.39, 0.29) is 6.04 Å². The predicted octanol–water partition coefficient (Wildman–Crippen LogP) is 5.32. The number of benzene rings is 1. The molecule has 18 heavy (non-hydrogen) atoms. The molecule has 2 rings (SSSR count). The van der Waals surface area contributed by atoms with Crippen LogP contribution in [-0.4, -0.2) is 7.05 Å². The van der Waals surface area contributed by atoms with Crippen molar-refractivity contribution in [1.29, 1.82) is 0 Å². The van der Waals surface area contributed by atoms with Gasteiger partial charge >= 0.3 is 0 Å². The third kappa shape index (κ3) is 3.28. The van der Waals surface area contributed by atoms with E-state index >= 15 is 0 Å². The molecule has 0 saturated heterocycles. The second kappa shape index (κ2) is 6.40. The van der Waals surface area contributed by atoms with E-state index in [1.165, 1.54) is 11.1 Å². The third-order valence-corrected chi connectivity index (χ3v) is 5.28. The average Bonchev–Trinajstić information content (AvgIpc) is 2.77. The van der Waals surface area contributed by atoms with Gasteiger partial charge in [-0.1, -0.05) is 29.3 Å². The van der Waals surface area contributed by atoms with Crippen molar-refractivity contribution in [2.24, 2.45) is 0 Å². The molecule has 1 unspecified atom stereocenters. The Hall–Kier alpha value is -0.0600. The molecule has 96 valence electrons. The molecule has 0 aliphatic heterocycles. The number of halogens is 3. The van der Waals surface area contributed by atoms with Crippen molar-refractivity contribution < 1.29 is 0 Å². The number of nitrogens with one attached hydrogen (secondary N) is 1. The number of likely N-dealkylation sites (N-methyl/N-ethyl adjacent to an activating group) is 1. The molecular formula is C13H12BrCl2NS. The highest BCUT2D eigenvalue weighted by Crippen LogP contribution is 2.30. The van der Waals surface area contributed by atoms with Crippen LogP contribution in [0.1, 0.15) is 17.2 Å². The minimum atomic E-state index is 0.267. The zero-order valence-electron chi connectivity index (χ0n) is 9.71. The normalized spacial score (nSPS) is 12.7. The van der Waals surface area contributed by atoms with Gasteiger partial charge in [-0.05, 0) is 58.0 Å². The van der Waals surface area contributed by atoms with E-state index in [0.29, 0.717) is 10.0 Å². The molecule has 1 aromatic heterocycles. The molecule has 0 bridgehead atoms. The molecule has 1 heterocycles. The maximum absolute atomic E-state index is 6.04. The molecule has 1 nitrogen and oxygen atoms in total. The molecule has 1 N–H and O–H groups in total. The van der Waals surface area contributed by atoms with E-state index in [0.717, 1.165) is 10.9 Å². The second-order valence-corrected chi connectivity index (χ2v) is 6.38. The lowest BCUT2D eigenvalue weighted by atomic mass is 10.0. The molecular weight excluding hydrogens is 353 g/mol. The van der Waals surface area contributed by atoms with Crippen molar-refractivity contribution in [3.8, 4) is 0 Å².